The van der Waals surface area contributed by atoms with Gasteiger partial charge in [-0.3, -0.25) is 4.68 Å². The molecule has 0 radical (unpaired) electrons. The van der Waals surface area contributed by atoms with Gasteiger partial charge >= 0.3 is 0 Å². The third-order valence-corrected chi connectivity index (χ3v) is 3.50. The van der Waals surface area contributed by atoms with Crippen LogP contribution < -0.4 is 5.32 Å². The average molecular weight is 279 g/mol. The fourth-order valence-corrected chi connectivity index (χ4v) is 2.51. The lowest BCUT2D eigenvalue weighted by molar-refractivity contribution is 0.522. The van der Waals surface area contributed by atoms with Gasteiger partial charge in [0, 0.05) is 24.5 Å². The quantitative estimate of drug-likeness (QED) is 0.914. The number of nitrogens with one attached hydrogen (secondary N) is 1. The Kier molecular flexibility index (Phi) is 4.56. The Balaban J connectivity index is 2.27. The molecule has 0 fully saturated rings. The van der Waals surface area contributed by atoms with Crippen molar-refractivity contribution >= 4 is 11.6 Å². The Bertz CT molecular complexity index is 550. The van der Waals surface area contributed by atoms with Crippen molar-refractivity contribution in [3.8, 4) is 0 Å². The maximum Gasteiger partial charge on any atom is 0.138 e. The van der Waals surface area contributed by atoms with Crippen molar-refractivity contribution in [3.63, 3.8) is 0 Å². The number of benzene rings is 1. The SMILES string of the molecule is CCNC(Cc1ncnn1C)c1ccc(C)cc1Cl. The standard InChI is InChI=1S/C14H19ClN4/c1-4-16-13(8-14-17-9-18-19(14)3)11-6-5-10(2)7-12(11)15/h5-7,9,13,16H,4,8H2,1-3H3. The molecule has 0 aliphatic carbocycles. The van der Waals surface area contributed by atoms with Crippen LogP contribution in [-0.4, -0.2) is 21.3 Å². The molecule has 0 saturated heterocycles. The van der Waals surface area contributed by atoms with E-state index in [-0.39, 0.29) is 6.04 Å². The first kappa shape index (κ1) is 14.0. The summed E-state index contributed by atoms with van der Waals surface area (Å²) in [4.78, 5) is 4.28. The normalized spacial score (nSPS) is 12.6. The molecular formula is C14H19ClN4. The minimum atomic E-state index is 0.154. The number of aromatic nitrogens is 3. The number of aryl methyl sites for hydroxylation is 2. The fraction of sp³-hybridized carbons (Fsp3) is 0.429. The minimum Gasteiger partial charge on any atom is -0.310 e. The maximum absolute atomic E-state index is 6.36. The fourth-order valence-electron chi connectivity index (χ4n) is 2.14. The Morgan fingerprint density at radius 3 is 2.79 bits per heavy atom. The molecule has 5 heteroatoms. The first-order valence-electron chi connectivity index (χ1n) is 6.44. The zero-order chi connectivity index (χ0) is 13.8. The van der Waals surface area contributed by atoms with Crippen LogP contribution in [0.3, 0.4) is 0 Å². The molecule has 19 heavy (non-hydrogen) atoms. The third-order valence-electron chi connectivity index (χ3n) is 3.17. The highest BCUT2D eigenvalue weighted by Crippen LogP contribution is 2.26. The van der Waals surface area contributed by atoms with Gasteiger partial charge in [-0.15, -0.1) is 0 Å². The topological polar surface area (TPSA) is 42.7 Å². The lowest BCUT2D eigenvalue weighted by Crippen LogP contribution is -2.24. The number of halogens is 1. The van der Waals surface area contributed by atoms with Crippen molar-refractivity contribution in [2.24, 2.45) is 7.05 Å². The van der Waals surface area contributed by atoms with E-state index < -0.39 is 0 Å². The number of nitrogens with zero attached hydrogens (tertiary/aromatic N) is 3. The van der Waals surface area contributed by atoms with Gasteiger partial charge in [0.1, 0.15) is 12.2 Å². The van der Waals surface area contributed by atoms with Crippen LogP contribution in [0.4, 0.5) is 0 Å². The average Bonchev–Trinajstić information content (AvgIpc) is 2.75. The lowest BCUT2D eigenvalue weighted by atomic mass is 10.0. The number of rotatable bonds is 5. The van der Waals surface area contributed by atoms with Crippen LogP contribution >= 0.6 is 11.6 Å². The molecule has 1 heterocycles. The predicted octanol–water partition coefficient (Wildman–Crippen LogP) is 2.67. The first-order valence-corrected chi connectivity index (χ1v) is 6.82. The Morgan fingerprint density at radius 1 is 1.42 bits per heavy atom. The van der Waals surface area contributed by atoms with E-state index in [0.717, 1.165) is 29.4 Å². The van der Waals surface area contributed by atoms with Gasteiger partial charge in [-0.05, 0) is 30.7 Å². The summed E-state index contributed by atoms with van der Waals surface area (Å²) >= 11 is 6.36. The molecule has 0 aliphatic rings. The highest BCUT2D eigenvalue weighted by Gasteiger charge is 2.16. The van der Waals surface area contributed by atoms with E-state index in [9.17, 15) is 0 Å². The van der Waals surface area contributed by atoms with Crippen LogP contribution in [0.25, 0.3) is 0 Å². The van der Waals surface area contributed by atoms with Gasteiger partial charge in [0.15, 0.2) is 0 Å². The Morgan fingerprint density at radius 2 is 2.21 bits per heavy atom. The summed E-state index contributed by atoms with van der Waals surface area (Å²) in [6.45, 7) is 5.01. The molecule has 1 atom stereocenters. The van der Waals surface area contributed by atoms with Crippen LogP contribution in [0.5, 0.6) is 0 Å². The highest BCUT2D eigenvalue weighted by atomic mass is 35.5. The molecule has 1 aromatic carbocycles. The predicted molar refractivity (Wildman–Crippen MR) is 77.3 cm³/mol. The zero-order valence-electron chi connectivity index (χ0n) is 11.5. The van der Waals surface area contributed by atoms with Crippen molar-refractivity contribution in [2.45, 2.75) is 26.3 Å². The van der Waals surface area contributed by atoms with Gasteiger partial charge in [-0.25, -0.2) is 4.98 Å². The number of hydrogen-bond donors (Lipinski definition) is 1. The Labute approximate surface area is 118 Å². The summed E-state index contributed by atoms with van der Waals surface area (Å²) in [7, 11) is 1.90. The molecule has 0 aliphatic heterocycles. The molecule has 0 amide bonds. The summed E-state index contributed by atoms with van der Waals surface area (Å²) < 4.78 is 1.80. The molecule has 2 aromatic rings. The van der Waals surface area contributed by atoms with Gasteiger partial charge in [0.2, 0.25) is 0 Å². The smallest absolute Gasteiger partial charge is 0.138 e. The number of hydrogen-bond acceptors (Lipinski definition) is 3. The second kappa shape index (κ2) is 6.17. The largest absolute Gasteiger partial charge is 0.310 e. The van der Waals surface area contributed by atoms with Crippen LogP contribution in [0.2, 0.25) is 5.02 Å². The van der Waals surface area contributed by atoms with E-state index in [1.165, 1.54) is 5.56 Å². The van der Waals surface area contributed by atoms with Gasteiger partial charge < -0.3 is 5.32 Å². The van der Waals surface area contributed by atoms with E-state index >= 15 is 0 Å². The van der Waals surface area contributed by atoms with Gasteiger partial charge in [0.25, 0.3) is 0 Å². The second-order valence-electron chi connectivity index (χ2n) is 4.64. The van der Waals surface area contributed by atoms with Gasteiger partial charge in [-0.2, -0.15) is 5.10 Å². The van der Waals surface area contributed by atoms with Crippen molar-refractivity contribution in [1.29, 1.82) is 0 Å². The van der Waals surface area contributed by atoms with Crippen molar-refractivity contribution in [3.05, 3.63) is 46.5 Å². The first-order chi connectivity index (χ1) is 9.11. The summed E-state index contributed by atoms with van der Waals surface area (Å²) in [6, 6.07) is 6.32. The van der Waals surface area contributed by atoms with E-state index in [0.29, 0.717) is 0 Å². The molecule has 2 rings (SSSR count). The maximum atomic E-state index is 6.36. The summed E-state index contributed by atoms with van der Waals surface area (Å²) in [5.41, 5.74) is 2.28. The highest BCUT2D eigenvalue weighted by molar-refractivity contribution is 6.31. The number of likely N-dealkylation sites (N-methyl/N-ethyl adjacent to an activating group) is 1. The molecule has 1 aromatic heterocycles. The second-order valence-corrected chi connectivity index (χ2v) is 5.05. The van der Waals surface area contributed by atoms with Crippen LogP contribution in [0, 0.1) is 6.92 Å². The van der Waals surface area contributed by atoms with E-state index in [4.69, 9.17) is 11.6 Å². The van der Waals surface area contributed by atoms with E-state index in [2.05, 4.69) is 34.5 Å². The summed E-state index contributed by atoms with van der Waals surface area (Å²) in [5.74, 6) is 0.947. The molecule has 0 spiro atoms. The van der Waals surface area contributed by atoms with Crippen LogP contribution in [0.1, 0.15) is 29.9 Å². The molecule has 102 valence electrons. The van der Waals surface area contributed by atoms with Crippen LogP contribution in [0.15, 0.2) is 24.5 Å². The van der Waals surface area contributed by atoms with E-state index in [1.807, 2.05) is 20.0 Å². The van der Waals surface area contributed by atoms with Gasteiger partial charge in [-0.1, -0.05) is 30.7 Å². The molecular weight excluding hydrogens is 260 g/mol. The van der Waals surface area contributed by atoms with E-state index in [1.54, 1.807) is 11.0 Å². The molecule has 0 bridgehead atoms. The van der Waals surface area contributed by atoms with Crippen molar-refractivity contribution in [2.75, 3.05) is 6.54 Å². The van der Waals surface area contributed by atoms with Crippen molar-refractivity contribution < 1.29 is 0 Å². The Hall–Kier alpha value is -1.39. The molecule has 1 N–H and O–H groups in total. The third kappa shape index (κ3) is 3.33. The molecule has 4 nitrogen and oxygen atoms in total. The molecule has 1 unspecified atom stereocenters. The molecule has 0 saturated carbocycles. The monoisotopic (exact) mass is 278 g/mol. The van der Waals surface area contributed by atoms with Gasteiger partial charge in [0.05, 0.1) is 0 Å². The summed E-state index contributed by atoms with van der Waals surface area (Å²) in [6.07, 6.45) is 2.35. The van der Waals surface area contributed by atoms with Crippen molar-refractivity contribution in [1.82, 2.24) is 20.1 Å². The summed E-state index contributed by atoms with van der Waals surface area (Å²) in [5, 5.41) is 8.36. The minimum absolute atomic E-state index is 0.154. The van der Waals surface area contributed by atoms with Crippen LogP contribution in [-0.2, 0) is 13.5 Å². The zero-order valence-corrected chi connectivity index (χ0v) is 12.3. The lowest BCUT2D eigenvalue weighted by Gasteiger charge is -2.19.